The molecule has 3 nitrogen and oxygen atoms in total. The fraction of sp³-hybridized carbons (Fsp3) is 0.917. The third kappa shape index (κ3) is 2.33. The van der Waals surface area contributed by atoms with Gasteiger partial charge in [-0.05, 0) is 50.9 Å². The fourth-order valence-electron chi connectivity index (χ4n) is 2.88. The van der Waals surface area contributed by atoms with Crippen LogP contribution in [0, 0.1) is 0 Å². The standard InChI is InChI=1S/C12H21N3S/c16-12(13-10-4-5-10)15-8-2-7-14-6-1-3-11(14)9-15/h10-11H,1-9H2,(H,13,16). The molecule has 90 valence electrons. The van der Waals surface area contributed by atoms with Crippen molar-refractivity contribution < 1.29 is 0 Å². The minimum Gasteiger partial charge on any atom is -0.360 e. The second kappa shape index (κ2) is 4.49. The van der Waals surface area contributed by atoms with Gasteiger partial charge in [-0.15, -0.1) is 0 Å². The molecule has 0 spiro atoms. The summed E-state index contributed by atoms with van der Waals surface area (Å²) < 4.78 is 0. The molecular weight excluding hydrogens is 218 g/mol. The third-order valence-electron chi connectivity index (χ3n) is 4.00. The maximum Gasteiger partial charge on any atom is 0.169 e. The summed E-state index contributed by atoms with van der Waals surface area (Å²) in [7, 11) is 0. The summed E-state index contributed by atoms with van der Waals surface area (Å²) in [6, 6.07) is 1.46. The lowest BCUT2D eigenvalue weighted by Crippen LogP contribution is -2.45. The van der Waals surface area contributed by atoms with E-state index in [1.165, 1.54) is 45.2 Å². The van der Waals surface area contributed by atoms with Crippen molar-refractivity contribution in [3.05, 3.63) is 0 Å². The SMILES string of the molecule is S=C(NC1CC1)N1CCCN2CCCC2C1. The summed E-state index contributed by atoms with van der Waals surface area (Å²) in [5.41, 5.74) is 0. The predicted molar refractivity (Wildman–Crippen MR) is 69.5 cm³/mol. The Balaban J connectivity index is 1.59. The molecule has 1 atom stereocenters. The minimum atomic E-state index is 0.690. The molecule has 3 aliphatic rings. The number of nitrogens with one attached hydrogen (secondary N) is 1. The van der Waals surface area contributed by atoms with Crippen LogP contribution in [0.1, 0.15) is 32.1 Å². The Morgan fingerprint density at radius 1 is 1.06 bits per heavy atom. The highest BCUT2D eigenvalue weighted by molar-refractivity contribution is 7.80. The quantitative estimate of drug-likeness (QED) is 0.693. The summed E-state index contributed by atoms with van der Waals surface area (Å²) in [5.74, 6) is 0. The first kappa shape index (κ1) is 10.8. The van der Waals surface area contributed by atoms with Crippen LogP contribution in [0.5, 0.6) is 0 Å². The molecule has 0 aromatic carbocycles. The van der Waals surface area contributed by atoms with Crippen LogP contribution in [0.3, 0.4) is 0 Å². The molecule has 1 saturated carbocycles. The van der Waals surface area contributed by atoms with Crippen molar-refractivity contribution in [1.29, 1.82) is 0 Å². The molecule has 0 amide bonds. The van der Waals surface area contributed by atoms with Gasteiger partial charge >= 0.3 is 0 Å². The Morgan fingerprint density at radius 2 is 1.88 bits per heavy atom. The summed E-state index contributed by atoms with van der Waals surface area (Å²) in [6.07, 6.45) is 6.62. The van der Waals surface area contributed by atoms with E-state index in [1.807, 2.05) is 0 Å². The van der Waals surface area contributed by atoms with Gasteiger partial charge in [0.2, 0.25) is 0 Å². The molecule has 3 rings (SSSR count). The van der Waals surface area contributed by atoms with Crippen LogP contribution in [0.15, 0.2) is 0 Å². The molecule has 16 heavy (non-hydrogen) atoms. The minimum absolute atomic E-state index is 0.690. The molecule has 1 unspecified atom stereocenters. The molecule has 3 fully saturated rings. The van der Waals surface area contributed by atoms with Crippen molar-refractivity contribution in [3.63, 3.8) is 0 Å². The molecule has 0 aromatic heterocycles. The molecule has 2 aliphatic heterocycles. The zero-order valence-electron chi connectivity index (χ0n) is 9.82. The number of fused-ring (bicyclic) bond motifs is 1. The second-order valence-corrected chi connectivity index (χ2v) is 5.74. The molecule has 2 saturated heterocycles. The van der Waals surface area contributed by atoms with Gasteiger partial charge in [-0.3, -0.25) is 4.90 Å². The van der Waals surface area contributed by atoms with Crippen molar-refractivity contribution in [2.24, 2.45) is 0 Å². The van der Waals surface area contributed by atoms with Crippen molar-refractivity contribution in [2.75, 3.05) is 26.2 Å². The third-order valence-corrected chi connectivity index (χ3v) is 4.37. The average Bonchev–Trinajstić information content (AvgIpc) is 3.02. The first-order valence-electron chi connectivity index (χ1n) is 6.62. The van der Waals surface area contributed by atoms with Gasteiger partial charge in [-0.25, -0.2) is 0 Å². The van der Waals surface area contributed by atoms with Crippen LogP contribution in [-0.2, 0) is 0 Å². The van der Waals surface area contributed by atoms with E-state index in [0.717, 1.165) is 24.2 Å². The highest BCUT2D eigenvalue weighted by atomic mass is 32.1. The Morgan fingerprint density at radius 3 is 2.69 bits per heavy atom. The van der Waals surface area contributed by atoms with Crippen LogP contribution in [0.25, 0.3) is 0 Å². The van der Waals surface area contributed by atoms with Gasteiger partial charge in [-0.1, -0.05) is 0 Å². The number of rotatable bonds is 1. The van der Waals surface area contributed by atoms with Crippen molar-refractivity contribution in [3.8, 4) is 0 Å². The van der Waals surface area contributed by atoms with Gasteiger partial charge in [-0.2, -0.15) is 0 Å². The van der Waals surface area contributed by atoms with E-state index in [2.05, 4.69) is 15.1 Å². The molecule has 0 bridgehead atoms. The lowest BCUT2D eigenvalue weighted by atomic mass is 10.2. The topological polar surface area (TPSA) is 18.5 Å². The van der Waals surface area contributed by atoms with Crippen LogP contribution >= 0.6 is 12.2 Å². The van der Waals surface area contributed by atoms with E-state index < -0.39 is 0 Å². The summed E-state index contributed by atoms with van der Waals surface area (Å²) in [6.45, 7) is 4.87. The average molecular weight is 239 g/mol. The smallest absolute Gasteiger partial charge is 0.169 e. The highest BCUT2D eigenvalue weighted by Gasteiger charge is 2.31. The monoisotopic (exact) mass is 239 g/mol. The highest BCUT2D eigenvalue weighted by Crippen LogP contribution is 2.23. The van der Waals surface area contributed by atoms with Gasteiger partial charge in [0.15, 0.2) is 5.11 Å². The van der Waals surface area contributed by atoms with E-state index in [0.29, 0.717) is 6.04 Å². The zero-order chi connectivity index (χ0) is 11.0. The molecule has 0 aromatic rings. The van der Waals surface area contributed by atoms with E-state index >= 15 is 0 Å². The van der Waals surface area contributed by atoms with E-state index in [-0.39, 0.29) is 0 Å². The van der Waals surface area contributed by atoms with Crippen LogP contribution in [0.4, 0.5) is 0 Å². The summed E-state index contributed by atoms with van der Waals surface area (Å²) >= 11 is 5.51. The Hall–Kier alpha value is -0.350. The predicted octanol–water partition coefficient (Wildman–Crippen LogP) is 1.19. The van der Waals surface area contributed by atoms with Crippen LogP contribution in [-0.4, -0.2) is 53.2 Å². The molecule has 2 heterocycles. The van der Waals surface area contributed by atoms with Crippen molar-refractivity contribution in [1.82, 2.24) is 15.1 Å². The first-order chi connectivity index (χ1) is 7.83. The molecule has 1 aliphatic carbocycles. The van der Waals surface area contributed by atoms with Gasteiger partial charge < -0.3 is 10.2 Å². The first-order valence-corrected chi connectivity index (χ1v) is 7.03. The van der Waals surface area contributed by atoms with Gasteiger partial charge in [0.1, 0.15) is 0 Å². The van der Waals surface area contributed by atoms with Gasteiger partial charge in [0, 0.05) is 31.7 Å². The molecule has 0 radical (unpaired) electrons. The Bertz CT molecular complexity index is 277. The lowest BCUT2D eigenvalue weighted by Gasteiger charge is -2.27. The largest absolute Gasteiger partial charge is 0.360 e. The van der Waals surface area contributed by atoms with Gasteiger partial charge in [0.25, 0.3) is 0 Å². The van der Waals surface area contributed by atoms with Gasteiger partial charge in [0.05, 0.1) is 0 Å². The summed E-state index contributed by atoms with van der Waals surface area (Å²) in [5, 5.41) is 4.48. The van der Waals surface area contributed by atoms with E-state index in [4.69, 9.17) is 12.2 Å². The number of hydrogen-bond donors (Lipinski definition) is 1. The zero-order valence-corrected chi connectivity index (χ0v) is 10.6. The Labute approximate surface area is 103 Å². The number of thiocarbonyl (C=S) groups is 1. The van der Waals surface area contributed by atoms with E-state index in [9.17, 15) is 0 Å². The van der Waals surface area contributed by atoms with Crippen molar-refractivity contribution >= 4 is 17.3 Å². The second-order valence-electron chi connectivity index (χ2n) is 5.36. The molecule has 4 heteroatoms. The normalized spacial score (nSPS) is 31.0. The maximum absolute atomic E-state index is 5.51. The molecule has 1 N–H and O–H groups in total. The summed E-state index contributed by atoms with van der Waals surface area (Å²) in [4.78, 5) is 5.06. The number of hydrogen-bond acceptors (Lipinski definition) is 2. The van der Waals surface area contributed by atoms with Crippen LogP contribution < -0.4 is 5.32 Å². The fourth-order valence-corrected chi connectivity index (χ4v) is 3.22. The molecular formula is C12H21N3S. The maximum atomic E-state index is 5.51. The lowest BCUT2D eigenvalue weighted by molar-refractivity contribution is 0.255. The van der Waals surface area contributed by atoms with Crippen LogP contribution in [0.2, 0.25) is 0 Å². The number of nitrogens with zero attached hydrogens (tertiary/aromatic N) is 2. The van der Waals surface area contributed by atoms with Crippen molar-refractivity contribution in [2.45, 2.75) is 44.2 Å². The van der Waals surface area contributed by atoms with E-state index in [1.54, 1.807) is 0 Å². The Kier molecular flexibility index (Phi) is 3.03.